The Hall–Kier alpha value is -1.17. The molecule has 0 spiro atoms. The maximum atomic E-state index is 12.0. The van der Waals surface area contributed by atoms with E-state index in [0.29, 0.717) is 11.3 Å². The molecular formula is C10H11ClN2O4S2. The van der Waals surface area contributed by atoms with E-state index in [1.54, 1.807) is 26.0 Å². The highest BCUT2D eigenvalue weighted by atomic mass is 35.7. The highest BCUT2D eigenvalue weighted by Gasteiger charge is 2.24. The van der Waals surface area contributed by atoms with Crippen LogP contribution in [0.15, 0.2) is 11.1 Å². The predicted octanol–water partition coefficient (Wildman–Crippen LogP) is 0.912. The lowest BCUT2D eigenvalue weighted by atomic mass is 10.1. The molecule has 19 heavy (non-hydrogen) atoms. The fourth-order valence-electron chi connectivity index (χ4n) is 1.47. The van der Waals surface area contributed by atoms with Crippen LogP contribution in [-0.4, -0.2) is 33.3 Å². The molecule has 0 saturated carbocycles. The van der Waals surface area contributed by atoms with Crippen LogP contribution in [0.5, 0.6) is 0 Å². The molecule has 0 aliphatic carbocycles. The summed E-state index contributed by atoms with van der Waals surface area (Å²) in [6.07, 6.45) is 0. The van der Waals surface area contributed by atoms with Gasteiger partial charge in [-0.25, -0.2) is 21.8 Å². The molecule has 0 aliphatic heterocycles. The number of pyridine rings is 1. The van der Waals surface area contributed by atoms with E-state index in [1.165, 1.54) is 0 Å². The number of hydrogen-bond acceptors (Lipinski definition) is 6. The Kier molecular flexibility index (Phi) is 4.55. The summed E-state index contributed by atoms with van der Waals surface area (Å²) in [5.74, 6) is -1.43. The van der Waals surface area contributed by atoms with Crippen LogP contribution in [0, 0.1) is 25.2 Å². The molecule has 0 atom stereocenters. The zero-order chi connectivity index (χ0) is 14.8. The van der Waals surface area contributed by atoms with Crippen LogP contribution in [0.25, 0.3) is 0 Å². The molecule has 0 N–H and O–H groups in total. The van der Waals surface area contributed by atoms with Crippen molar-refractivity contribution >= 4 is 29.6 Å². The Balaban J connectivity index is 3.34. The Bertz CT molecular complexity index is 748. The van der Waals surface area contributed by atoms with Crippen LogP contribution in [-0.2, 0) is 18.9 Å². The van der Waals surface area contributed by atoms with E-state index < -0.39 is 35.4 Å². The zero-order valence-corrected chi connectivity index (χ0v) is 12.6. The molecule has 0 fully saturated rings. The average Bonchev–Trinajstić information content (AvgIpc) is 2.25. The topological polar surface area (TPSA) is 105 Å². The first-order chi connectivity index (χ1) is 8.57. The lowest BCUT2D eigenvalue weighted by Gasteiger charge is -2.08. The fraction of sp³-hybridized carbons (Fsp3) is 0.400. The van der Waals surface area contributed by atoms with Gasteiger partial charge in [-0.1, -0.05) is 0 Å². The summed E-state index contributed by atoms with van der Waals surface area (Å²) in [6.45, 7) is 3.18. The minimum Gasteiger partial charge on any atom is -0.240 e. The van der Waals surface area contributed by atoms with Gasteiger partial charge in [0.25, 0.3) is 0 Å². The number of aromatic nitrogens is 1. The number of halogens is 1. The number of nitriles is 1. The van der Waals surface area contributed by atoms with Gasteiger partial charge in [0, 0.05) is 16.4 Å². The molecule has 1 heterocycles. The molecule has 0 aliphatic rings. The van der Waals surface area contributed by atoms with E-state index in [1.807, 2.05) is 0 Å². The van der Waals surface area contributed by atoms with Gasteiger partial charge in [-0.15, -0.1) is 0 Å². The van der Waals surface area contributed by atoms with Gasteiger partial charge in [0.1, 0.15) is 6.07 Å². The lowest BCUT2D eigenvalue weighted by molar-refractivity contribution is 0.589. The summed E-state index contributed by atoms with van der Waals surface area (Å²) in [7, 11) is -2.92. The maximum absolute atomic E-state index is 12.0. The molecule has 104 valence electrons. The van der Waals surface area contributed by atoms with Gasteiger partial charge in [0.05, 0.1) is 17.1 Å². The standard InChI is InChI=1S/C10H11ClN2O4S2/c1-7-5-8(2)13-10(9(7)6-12)18(14,15)3-4-19(11,16)17/h5H,3-4H2,1-2H3. The van der Waals surface area contributed by atoms with E-state index in [9.17, 15) is 16.8 Å². The molecule has 0 unspecified atom stereocenters. The largest absolute Gasteiger partial charge is 0.240 e. The fourth-order valence-corrected chi connectivity index (χ4v) is 4.70. The van der Waals surface area contributed by atoms with E-state index in [4.69, 9.17) is 15.9 Å². The van der Waals surface area contributed by atoms with Crippen molar-refractivity contribution < 1.29 is 16.8 Å². The van der Waals surface area contributed by atoms with Gasteiger partial charge in [-0.05, 0) is 25.5 Å². The van der Waals surface area contributed by atoms with E-state index in [-0.39, 0.29) is 5.56 Å². The van der Waals surface area contributed by atoms with Crippen LogP contribution in [0.1, 0.15) is 16.8 Å². The molecule has 0 saturated heterocycles. The van der Waals surface area contributed by atoms with Gasteiger partial charge >= 0.3 is 0 Å². The molecule has 0 amide bonds. The van der Waals surface area contributed by atoms with Gasteiger partial charge in [0.15, 0.2) is 14.9 Å². The zero-order valence-electron chi connectivity index (χ0n) is 10.2. The first-order valence-corrected chi connectivity index (χ1v) is 9.23. The second-order valence-electron chi connectivity index (χ2n) is 3.93. The average molecular weight is 323 g/mol. The Labute approximate surface area is 116 Å². The first-order valence-electron chi connectivity index (χ1n) is 5.10. The molecule has 1 aromatic heterocycles. The van der Waals surface area contributed by atoms with E-state index >= 15 is 0 Å². The van der Waals surface area contributed by atoms with Crippen LogP contribution >= 0.6 is 10.7 Å². The lowest BCUT2D eigenvalue weighted by Crippen LogP contribution is -2.17. The number of aryl methyl sites for hydroxylation is 2. The Morgan fingerprint density at radius 1 is 1.26 bits per heavy atom. The molecular weight excluding hydrogens is 312 g/mol. The second kappa shape index (κ2) is 5.45. The van der Waals surface area contributed by atoms with Crippen LogP contribution < -0.4 is 0 Å². The first kappa shape index (κ1) is 15.9. The molecule has 1 aromatic rings. The molecule has 0 radical (unpaired) electrons. The molecule has 1 rings (SSSR count). The maximum Gasteiger partial charge on any atom is 0.233 e. The smallest absolute Gasteiger partial charge is 0.233 e. The summed E-state index contributed by atoms with van der Waals surface area (Å²) in [6, 6.07) is 3.35. The van der Waals surface area contributed by atoms with Gasteiger partial charge in [-0.3, -0.25) is 0 Å². The summed E-state index contributed by atoms with van der Waals surface area (Å²) in [4.78, 5) is 3.83. The Morgan fingerprint density at radius 2 is 1.84 bits per heavy atom. The summed E-state index contributed by atoms with van der Waals surface area (Å²) in [5, 5.41) is 8.59. The van der Waals surface area contributed by atoms with Gasteiger partial charge in [0.2, 0.25) is 9.05 Å². The molecule has 6 nitrogen and oxygen atoms in total. The van der Waals surface area contributed by atoms with Gasteiger partial charge < -0.3 is 0 Å². The Morgan fingerprint density at radius 3 is 2.32 bits per heavy atom. The third-order valence-corrected chi connectivity index (χ3v) is 5.35. The van der Waals surface area contributed by atoms with Crippen molar-refractivity contribution in [1.29, 1.82) is 5.26 Å². The van der Waals surface area contributed by atoms with Gasteiger partial charge in [-0.2, -0.15) is 5.26 Å². The quantitative estimate of drug-likeness (QED) is 0.763. The number of rotatable bonds is 4. The van der Waals surface area contributed by atoms with Crippen molar-refractivity contribution in [3.05, 3.63) is 22.9 Å². The highest BCUT2D eigenvalue weighted by molar-refractivity contribution is 8.14. The summed E-state index contributed by atoms with van der Waals surface area (Å²) < 4.78 is 45.7. The van der Waals surface area contributed by atoms with Crippen molar-refractivity contribution in [2.75, 3.05) is 11.5 Å². The van der Waals surface area contributed by atoms with Crippen LogP contribution in [0.2, 0.25) is 0 Å². The number of sulfone groups is 1. The highest BCUT2D eigenvalue weighted by Crippen LogP contribution is 2.19. The minimum atomic E-state index is -3.98. The van der Waals surface area contributed by atoms with Crippen molar-refractivity contribution in [1.82, 2.24) is 4.98 Å². The monoisotopic (exact) mass is 322 g/mol. The number of nitrogens with zero attached hydrogens (tertiary/aromatic N) is 2. The predicted molar refractivity (Wildman–Crippen MR) is 70.1 cm³/mol. The third kappa shape index (κ3) is 4.16. The van der Waals surface area contributed by atoms with Crippen molar-refractivity contribution in [3.63, 3.8) is 0 Å². The summed E-state index contributed by atoms with van der Waals surface area (Å²) in [5.41, 5.74) is 0.837. The SMILES string of the molecule is Cc1cc(C)c(C#N)c(S(=O)(=O)CCS(=O)(=O)Cl)n1. The van der Waals surface area contributed by atoms with Crippen LogP contribution in [0.3, 0.4) is 0 Å². The normalized spacial score (nSPS) is 12.1. The molecule has 0 aromatic carbocycles. The number of hydrogen-bond donors (Lipinski definition) is 0. The van der Waals surface area contributed by atoms with Crippen molar-refractivity contribution in [3.8, 4) is 6.07 Å². The summed E-state index contributed by atoms with van der Waals surface area (Å²) >= 11 is 0. The second-order valence-corrected chi connectivity index (χ2v) is 8.86. The third-order valence-electron chi connectivity index (χ3n) is 2.31. The molecule has 9 heteroatoms. The van der Waals surface area contributed by atoms with Crippen molar-refractivity contribution in [2.45, 2.75) is 18.9 Å². The van der Waals surface area contributed by atoms with E-state index in [2.05, 4.69) is 4.98 Å². The van der Waals surface area contributed by atoms with Crippen LogP contribution in [0.4, 0.5) is 0 Å². The van der Waals surface area contributed by atoms with Crippen molar-refractivity contribution in [2.24, 2.45) is 0 Å². The minimum absolute atomic E-state index is 0.0717. The van der Waals surface area contributed by atoms with E-state index in [0.717, 1.165) is 0 Å². The molecule has 0 bridgehead atoms.